The highest BCUT2D eigenvalue weighted by molar-refractivity contribution is 7.99. The van der Waals surface area contributed by atoms with Crippen LogP contribution in [0.1, 0.15) is 33.3 Å². The molecule has 124 valence electrons. The molecule has 0 aliphatic carbocycles. The highest BCUT2D eigenvalue weighted by Crippen LogP contribution is 2.28. The molecule has 0 unspecified atom stereocenters. The van der Waals surface area contributed by atoms with Crippen molar-refractivity contribution in [1.29, 1.82) is 0 Å². The van der Waals surface area contributed by atoms with Crippen molar-refractivity contribution < 1.29 is 4.74 Å². The first-order valence-corrected chi connectivity index (χ1v) is 9.12. The molecule has 0 aliphatic heterocycles. The number of fused-ring (bicyclic) bond motifs is 1. The van der Waals surface area contributed by atoms with Crippen molar-refractivity contribution in [2.24, 2.45) is 0 Å². The Bertz CT molecular complexity index is 838. The Kier molecular flexibility index (Phi) is 4.76. The van der Waals surface area contributed by atoms with E-state index < -0.39 is 0 Å². The largest absolute Gasteiger partial charge is 0.457 e. The normalized spacial score (nSPS) is 11.7. The Labute approximate surface area is 147 Å². The van der Waals surface area contributed by atoms with Crippen LogP contribution in [0, 0.1) is 0 Å². The van der Waals surface area contributed by atoms with E-state index in [1.54, 1.807) is 11.8 Å². The molecule has 2 aromatic carbocycles. The summed E-state index contributed by atoms with van der Waals surface area (Å²) in [5.74, 6) is 2.59. The third-order valence-corrected chi connectivity index (χ3v) is 4.52. The van der Waals surface area contributed by atoms with E-state index in [4.69, 9.17) is 4.74 Å². The predicted molar refractivity (Wildman–Crippen MR) is 101 cm³/mol. The monoisotopic (exact) mass is 338 g/mol. The predicted octanol–water partition coefficient (Wildman–Crippen LogP) is 5.83. The highest BCUT2D eigenvalue weighted by Gasteiger charge is 2.13. The molecule has 1 aromatic heterocycles. The van der Waals surface area contributed by atoms with Gasteiger partial charge in [-0.2, -0.15) is 0 Å². The second-order valence-electron chi connectivity index (χ2n) is 6.67. The molecule has 1 heterocycles. The SMILES string of the molecule is CCSc1cnc2ccc(Oc3ccc(C(C)(C)C)cc3)cc2n1. The van der Waals surface area contributed by atoms with Crippen LogP contribution in [0.15, 0.2) is 53.7 Å². The fourth-order valence-corrected chi connectivity index (χ4v) is 3.00. The first-order chi connectivity index (χ1) is 11.5. The van der Waals surface area contributed by atoms with E-state index in [1.807, 2.05) is 36.5 Å². The quantitative estimate of drug-likeness (QED) is 0.560. The Hall–Kier alpha value is -2.07. The Morgan fingerprint density at radius 3 is 2.33 bits per heavy atom. The Morgan fingerprint density at radius 2 is 1.67 bits per heavy atom. The number of nitrogens with zero attached hydrogens (tertiary/aromatic N) is 2. The van der Waals surface area contributed by atoms with Crippen LogP contribution in [0.5, 0.6) is 11.5 Å². The fraction of sp³-hybridized carbons (Fsp3) is 0.300. The molecule has 24 heavy (non-hydrogen) atoms. The lowest BCUT2D eigenvalue weighted by molar-refractivity contribution is 0.482. The maximum Gasteiger partial charge on any atom is 0.129 e. The summed E-state index contributed by atoms with van der Waals surface area (Å²) in [6.07, 6.45) is 1.82. The zero-order valence-electron chi connectivity index (χ0n) is 14.5. The minimum absolute atomic E-state index is 0.143. The molecule has 3 aromatic rings. The van der Waals surface area contributed by atoms with Crippen molar-refractivity contribution in [3.05, 3.63) is 54.2 Å². The average molecular weight is 338 g/mol. The van der Waals surface area contributed by atoms with Gasteiger partial charge in [0.15, 0.2) is 0 Å². The lowest BCUT2D eigenvalue weighted by Crippen LogP contribution is -2.10. The third kappa shape index (κ3) is 3.88. The molecule has 0 radical (unpaired) electrons. The van der Waals surface area contributed by atoms with E-state index in [1.165, 1.54) is 5.56 Å². The van der Waals surface area contributed by atoms with E-state index in [2.05, 4.69) is 49.8 Å². The number of aromatic nitrogens is 2. The summed E-state index contributed by atoms with van der Waals surface area (Å²) in [6, 6.07) is 14.1. The minimum atomic E-state index is 0.143. The summed E-state index contributed by atoms with van der Waals surface area (Å²) in [5, 5.41) is 0.941. The van der Waals surface area contributed by atoms with Gasteiger partial charge in [-0.15, -0.1) is 11.8 Å². The molecule has 0 bridgehead atoms. The summed E-state index contributed by atoms with van der Waals surface area (Å²) in [7, 11) is 0. The highest BCUT2D eigenvalue weighted by atomic mass is 32.2. The second kappa shape index (κ2) is 6.81. The van der Waals surface area contributed by atoms with Gasteiger partial charge in [0.05, 0.1) is 17.2 Å². The third-order valence-electron chi connectivity index (χ3n) is 3.74. The van der Waals surface area contributed by atoms with E-state index in [0.29, 0.717) is 0 Å². The molecule has 0 aliphatic rings. The van der Waals surface area contributed by atoms with Gasteiger partial charge in [-0.3, -0.25) is 4.98 Å². The standard InChI is InChI=1S/C20H22N2OS/c1-5-24-19-13-21-17-11-10-16(12-18(17)22-19)23-15-8-6-14(7-9-15)20(2,3)4/h6-13H,5H2,1-4H3. The number of rotatable bonds is 4. The number of hydrogen-bond acceptors (Lipinski definition) is 4. The molecule has 3 nitrogen and oxygen atoms in total. The van der Waals surface area contributed by atoms with Gasteiger partial charge < -0.3 is 4.74 Å². The molecule has 4 heteroatoms. The van der Waals surface area contributed by atoms with Crippen LogP contribution in [0.25, 0.3) is 11.0 Å². The van der Waals surface area contributed by atoms with Crippen LogP contribution in [0.4, 0.5) is 0 Å². The van der Waals surface area contributed by atoms with Gasteiger partial charge >= 0.3 is 0 Å². The maximum atomic E-state index is 5.98. The van der Waals surface area contributed by atoms with Crippen molar-refractivity contribution in [1.82, 2.24) is 9.97 Å². The van der Waals surface area contributed by atoms with Crippen molar-refractivity contribution >= 4 is 22.8 Å². The van der Waals surface area contributed by atoms with Crippen LogP contribution < -0.4 is 4.74 Å². The van der Waals surface area contributed by atoms with E-state index in [-0.39, 0.29) is 5.41 Å². The minimum Gasteiger partial charge on any atom is -0.457 e. The Morgan fingerprint density at radius 1 is 0.958 bits per heavy atom. The molecule has 3 rings (SSSR count). The molecule has 0 spiro atoms. The summed E-state index contributed by atoms with van der Waals surface area (Å²) in [5.41, 5.74) is 3.17. The molecular weight excluding hydrogens is 316 g/mol. The van der Waals surface area contributed by atoms with Gasteiger partial charge in [0.1, 0.15) is 16.5 Å². The zero-order chi connectivity index (χ0) is 17.2. The molecule has 0 saturated carbocycles. The van der Waals surface area contributed by atoms with Crippen molar-refractivity contribution in [2.75, 3.05) is 5.75 Å². The molecule has 0 saturated heterocycles. The molecule has 0 N–H and O–H groups in total. The number of thioether (sulfide) groups is 1. The lowest BCUT2D eigenvalue weighted by atomic mass is 9.87. The summed E-state index contributed by atoms with van der Waals surface area (Å²) >= 11 is 1.69. The van der Waals surface area contributed by atoms with Crippen molar-refractivity contribution in [3.63, 3.8) is 0 Å². The van der Waals surface area contributed by atoms with Gasteiger partial charge in [-0.05, 0) is 41.0 Å². The second-order valence-corrected chi connectivity index (χ2v) is 7.95. The Balaban J connectivity index is 1.84. The number of ether oxygens (including phenoxy) is 1. The lowest BCUT2D eigenvalue weighted by Gasteiger charge is -2.19. The van der Waals surface area contributed by atoms with E-state index in [0.717, 1.165) is 33.3 Å². The fourth-order valence-electron chi connectivity index (χ4n) is 2.41. The number of hydrogen-bond donors (Lipinski definition) is 0. The van der Waals surface area contributed by atoms with Crippen LogP contribution in [0.3, 0.4) is 0 Å². The first kappa shape index (κ1) is 16.8. The topological polar surface area (TPSA) is 35.0 Å². The molecule has 0 fully saturated rings. The first-order valence-electron chi connectivity index (χ1n) is 8.14. The molecular formula is C20H22N2OS. The zero-order valence-corrected chi connectivity index (χ0v) is 15.4. The molecule has 0 atom stereocenters. The van der Waals surface area contributed by atoms with Gasteiger partial charge in [-0.25, -0.2) is 4.98 Å². The summed E-state index contributed by atoms with van der Waals surface area (Å²) in [4.78, 5) is 9.08. The smallest absolute Gasteiger partial charge is 0.129 e. The van der Waals surface area contributed by atoms with Gasteiger partial charge in [0, 0.05) is 6.07 Å². The summed E-state index contributed by atoms with van der Waals surface area (Å²) in [6.45, 7) is 8.72. The van der Waals surface area contributed by atoms with Gasteiger partial charge in [0.25, 0.3) is 0 Å². The summed E-state index contributed by atoms with van der Waals surface area (Å²) < 4.78 is 5.98. The van der Waals surface area contributed by atoms with Crippen LogP contribution in [0.2, 0.25) is 0 Å². The maximum absolute atomic E-state index is 5.98. The van der Waals surface area contributed by atoms with E-state index in [9.17, 15) is 0 Å². The average Bonchev–Trinajstić information content (AvgIpc) is 2.54. The van der Waals surface area contributed by atoms with Crippen LogP contribution >= 0.6 is 11.8 Å². The van der Waals surface area contributed by atoms with Crippen molar-refractivity contribution in [3.8, 4) is 11.5 Å². The molecule has 0 amide bonds. The van der Waals surface area contributed by atoms with Gasteiger partial charge in [0.2, 0.25) is 0 Å². The van der Waals surface area contributed by atoms with Crippen LogP contribution in [-0.2, 0) is 5.41 Å². The van der Waals surface area contributed by atoms with Crippen molar-refractivity contribution in [2.45, 2.75) is 38.1 Å². The number of benzene rings is 2. The van der Waals surface area contributed by atoms with Gasteiger partial charge in [-0.1, -0.05) is 39.8 Å². The van der Waals surface area contributed by atoms with Crippen LogP contribution in [-0.4, -0.2) is 15.7 Å². The van der Waals surface area contributed by atoms with E-state index >= 15 is 0 Å².